The van der Waals surface area contributed by atoms with Gasteiger partial charge in [0.25, 0.3) is 0 Å². The topological polar surface area (TPSA) is 83.0 Å². The molecule has 0 aromatic rings. The summed E-state index contributed by atoms with van der Waals surface area (Å²) < 4.78 is 28.4. The lowest BCUT2D eigenvalue weighted by atomic mass is 9.90. The molecule has 7 nitrogen and oxygen atoms in total. The van der Waals surface area contributed by atoms with Crippen LogP contribution in [0.5, 0.6) is 0 Å². The Morgan fingerprint density at radius 1 is 1.30 bits per heavy atom. The smallest absolute Gasteiger partial charge is 0.191 e. The Hall–Kier alpha value is -0.860. The second-order valence-electron chi connectivity index (χ2n) is 8.65. The first kappa shape index (κ1) is 24.2. The Kier molecular flexibility index (Phi) is 10.0. The van der Waals surface area contributed by atoms with Gasteiger partial charge in [-0.1, -0.05) is 13.8 Å². The summed E-state index contributed by atoms with van der Waals surface area (Å²) in [6.07, 6.45) is 4.38. The standard InChI is InChI=1S/C19H40N4O3S/c1-16(2)26-13-12-23-10-7-17(8-11-23)22-18(20-5)21-15-19(3,4)9-14-27(6,24)25/h16-17H,7-15H2,1-6H3,(H2,20,21,22). The lowest BCUT2D eigenvalue weighted by molar-refractivity contribution is 0.0532. The first-order chi connectivity index (χ1) is 12.5. The van der Waals surface area contributed by atoms with E-state index in [1.807, 2.05) is 0 Å². The van der Waals surface area contributed by atoms with Gasteiger partial charge in [0.15, 0.2) is 5.96 Å². The second-order valence-corrected chi connectivity index (χ2v) is 10.9. The fourth-order valence-corrected chi connectivity index (χ4v) is 3.90. The number of piperidine rings is 1. The molecule has 2 N–H and O–H groups in total. The quantitative estimate of drug-likeness (QED) is 0.424. The third-order valence-electron chi connectivity index (χ3n) is 4.89. The molecular formula is C19H40N4O3S. The minimum absolute atomic E-state index is 0.111. The van der Waals surface area contributed by atoms with Crippen LogP contribution in [0.25, 0.3) is 0 Å². The van der Waals surface area contributed by atoms with Crippen LogP contribution in [0.4, 0.5) is 0 Å². The van der Waals surface area contributed by atoms with Crippen molar-refractivity contribution < 1.29 is 13.2 Å². The van der Waals surface area contributed by atoms with Crippen LogP contribution in [0, 0.1) is 5.41 Å². The summed E-state index contributed by atoms with van der Waals surface area (Å²) in [5.41, 5.74) is -0.111. The van der Waals surface area contributed by atoms with Crippen LogP contribution < -0.4 is 10.6 Å². The van der Waals surface area contributed by atoms with Crippen molar-refractivity contribution in [3.63, 3.8) is 0 Å². The highest BCUT2D eigenvalue weighted by atomic mass is 32.2. The van der Waals surface area contributed by atoms with Gasteiger partial charge in [0, 0.05) is 45.5 Å². The van der Waals surface area contributed by atoms with E-state index >= 15 is 0 Å². The lowest BCUT2D eigenvalue weighted by Crippen LogP contribution is -2.50. The monoisotopic (exact) mass is 404 g/mol. The first-order valence-electron chi connectivity index (χ1n) is 9.99. The molecule has 1 fully saturated rings. The summed E-state index contributed by atoms with van der Waals surface area (Å²) in [4.78, 5) is 6.77. The maximum Gasteiger partial charge on any atom is 0.191 e. The van der Waals surface area contributed by atoms with Crippen LogP contribution in [0.3, 0.4) is 0 Å². The van der Waals surface area contributed by atoms with Crippen LogP contribution >= 0.6 is 0 Å². The number of guanidine groups is 1. The summed E-state index contributed by atoms with van der Waals surface area (Å²) in [5.74, 6) is 1.01. The lowest BCUT2D eigenvalue weighted by Gasteiger charge is -2.33. The zero-order chi connectivity index (χ0) is 20.5. The second kappa shape index (κ2) is 11.2. The molecule has 1 rings (SSSR count). The zero-order valence-electron chi connectivity index (χ0n) is 18.0. The van der Waals surface area contributed by atoms with Crippen LogP contribution in [0.2, 0.25) is 0 Å². The van der Waals surface area contributed by atoms with Gasteiger partial charge in [-0.25, -0.2) is 8.42 Å². The molecule has 8 heteroatoms. The highest BCUT2D eigenvalue weighted by Gasteiger charge is 2.23. The molecule has 1 aliphatic heterocycles. The van der Waals surface area contributed by atoms with Gasteiger partial charge in [0.05, 0.1) is 18.5 Å². The molecule has 0 spiro atoms. The molecule has 0 aromatic heterocycles. The molecule has 1 saturated heterocycles. The number of nitrogens with one attached hydrogen (secondary N) is 2. The highest BCUT2D eigenvalue weighted by Crippen LogP contribution is 2.19. The van der Waals surface area contributed by atoms with Crippen molar-refractivity contribution in [3.05, 3.63) is 0 Å². The van der Waals surface area contributed by atoms with Crippen molar-refractivity contribution in [3.8, 4) is 0 Å². The molecular weight excluding hydrogens is 364 g/mol. The molecule has 0 unspecified atom stereocenters. The molecule has 0 amide bonds. The average Bonchev–Trinajstić information content (AvgIpc) is 2.57. The highest BCUT2D eigenvalue weighted by molar-refractivity contribution is 7.90. The average molecular weight is 405 g/mol. The van der Waals surface area contributed by atoms with Gasteiger partial charge in [-0.3, -0.25) is 4.99 Å². The number of likely N-dealkylation sites (tertiary alicyclic amines) is 1. The molecule has 0 aliphatic carbocycles. The van der Waals surface area contributed by atoms with Crippen LogP contribution in [0.1, 0.15) is 47.0 Å². The number of hydrogen-bond acceptors (Lipinski definition) is 5. The molecule has 27 heavy (non-hydrogen) atoms. The van der Waals surface area contributed by atoms with E-state index in [4.69, 9.17) is 4.74 Å². The minimum Gasteiger partial charge on any atom is -0.377 e. The Morgan fingerprint density at radius 2 is 1.93 bits per heavy atom. The summed E-state index contributed by atoms with van der Waals surface area (Å²) in [6.45, 7) is 12.9. The van der Waals surface area contributed by atoms with Gasteiger partial charge in [0.1, 0.15) is 9.84 Å². The fourth-order valence-electron chi connectivity index (χ4n) is 2.98. The van der Waals surface area contributed by atoms with E-state index in [0.29, 0.717) is 25.1 Å². The Labute approximate surface area is 166 Å². The third-order valence-corrected chi connectivity index (χ3v) is 5.84. The van der Waals surface area contributed by atoms with Crippen molar-refractivity contribution >= 4 is 15.8 Å². The summed E-state index contributed by atoms with van der Waals surface area (Å²) in [7, 11) is -1.15. The van der Waals surface area contributed by atoms with Crippen molar-refractivity contribution in [2.75, 3.05) is 51.8 Å². The number of hydrogen-bond donors (Lipinski definition) is 2. The Balaban J connectivity index is 2.32. The van der Waals surface area contributed by atoms with Crippen molar-refractivity contribution in [1.29, 1.82) is 0 Å². The van der Waals surface area contributed by atoms with Gasteiger partial charge in [0.2, 0.25) is 0 Å². The molecule has 1 heterocycles. The summed E-state index contributed by atoms with van der Waals surface area (Å²) in [5, 5.41) is 6.87. The van der Waals surface area contributed by atoms with E-state index in [1.165, 1.54) is 6.26 Å². The van der Waals surface area contributed by atoms with Gasteiger partial charge in [-0.2, -0.15) is 0 Å². The maximum atomic E-state index is 11.4. The molecule has 0 radical (unpaired) electrons. The van der Waals surface area contributed by atoms with E-state index in [0.717, 1.165) is 45.0 Å². The first-order valence-corrected chi connectivity index (χ1v) is 12.1. The van der Waals surface area contributed by atoms with Crippen molar-refractivity contribution in [2.24, 2.45) is 10.4 Å². The van der Waals surface area contributed by atoms with E-state index in [1.54, 1.807) is 7.05 Å². The summed E-state index contributed by atoms with van der Waals surface area (Å²) >= 11 is 0. The number of nitrogens with zero attached hydrogens (tertiary/aromatic N) is 2. The normalized spacial score (nSPS) is 18.1. The van der Waals surface area contributed by atoms with E-state index < -0.39 is 9.84 Å². The van der Waals surface area contributed by atoms with Gasteiger partial charge < -0.3 is 20.3 Å². The number of rotatable bonds is 10. The zero-order valence-corrected chi connectivity index (χ0v) is 18.9. The van der Waals surface area contributed by atoms with E-state index in [2.05, 4.69) is 48.2 Å². The van der Waals surface area contributed by atoms with E-state index in [9.17, 15) is 8.42 Å². The largest absolute Gasteiger partial charge is 0.377 e. The predicted octanol–water partition coefficient (Wildman–Crippen LogP) is 1.50. The number of sulfone groups is 1. The predicted molar refractivity (Wildman–Crippen MR) is 113 cm³/mol. The SMILES string of the molecule is CN=C(NCC(C)(C)CCS(C)(=O)=O)NC1CCN(CCOC(C)C)CC1. The van der Waals surface area contributed by atoms with Gasteiger partial charge in [-0.15, -0.1) is 0 Å². The van der Waals surface area contributed by atoms with Crippen molar-refractivity contribution in [2.45, 2.75) is 59.1 Å². The third kappa shape index (κ3) is 11.5. The Morgan fingerprint density at radius 3 is 2.44 bits per heavy atom. The number of ether oxygens (including phenoxy) is 1. The van der Waals surface area contributed by atoms with Crippen LogP contribution in [-0.2, 0) is 14.6 Å². The summed E-state index contributed by atoms with van der Waals surface area (Å²) in [6, 6.07) is 0.414. The van der Waals surface area contributed by atoms with Crippen molar-refractivity contribution in [1.82, 2.24) is 15.5 Å². The molecule has 0 saturated carbocycles. The molecule has 0 atom stereocenters. The van der Waals surface area contributed by atoms with Gasteiger partial charge >= 0.3 is 0 Å². The number of aliphatic imine (C=N–C) groups is 1. The van der Waals surface area contributed by atoms with Crippen LogP contribution in [0.15, 0.2) is 4.99 Å². The molecule has 0 bridgehead atoms. The van der Waals surface area contributed by atoms with Crippen LogP contribution in [-0.4, -0.2) is 83.3 Å². The Bertz CT molecular complexity index is 553. The maximum absolute atomic E-state index is 11.4. The molecule has 1 aliphatic rings. The minimum atomic E-state index is -2.93. The van der Waals surface area contributed by atoms with E-state index in [-0.39, 0.29) is 11.2 Å². The molecule has 160 valence electrons. The van der Waals surface area contributed by atoms with Gasteiger partial charge in [-0.05, 0) is 38.5 Å². The fraction of sp³-hybridized carbons (Fsp3) is 0.947. The molecule has 0 aromatic carbocycles.